The van der Waals surface area contributed by atoms with E-state index >= 15 is 0 Å². The highest BCUT2D eigenvalue weighted by Gasteiger charge is 2.11. The Labute approximate surface area is 117 Å². The summed E-state index contributed by atoms with van der Waals surface area (Å²) in [6, 6.07) is 14.8. The molecule has 0 bridgehead atoms. The van der Waals surface area contributed by atoms with E-state index in [1.165, 1.54) is 0 Å². The number of carboxylic acid groups (broad SMARTS) is 1. The van der Waals surface area contributed by atoms with E-state index in [1.54, 1.807) is 7.11 Å². The van der Waals surface area contributed by atoms with Crippen LogP contribution in [-0.2, 0) is 4.79 Å². The summed E-state index contributed by atoms with van der Waals surface area (Å²) >= 11 is 0. The van der Waals surface area contributed by atoms with Gasteiger partial charge >= 0.3 is 5.97 Å². The fraction of sp³-hybridized carbons (Fsp3) is 0.188. The Kier molecular flexibility index (Phi) is 4.38. The van der Waals surface area contributed by atoms with Crippen molar-refractivity contribution in [1.82, 2.24) is 0 Å². The second-order valence-electron chi connectivity index (χ2n) is 4.53. The van der Waals surface area contributed by atoms with Crippen LogP contribution in [-0.4, -0.2) is 18.2 Å². The maximum absolute atomic E-state index is 10.7. The smallest absolute Gasteiger partial charge is 0.305 e. The minimum absolute atomic E-state index is 0.0754. The van der Waals surface area contributed by atoms with Crippen LogP contribution >= 0.6 is 0 Å². The molecule has 2 aromatic rings. The number of hydrogen-bond donors (Lipinski definition) is 2. The van der Waals surface area contributed by atoms with Gasteiger partial charge in [0.25, 0.3) is 0 Å². The molecule has 0 saturated heterocycles. The van der Waals surface area contributed by atoms with E-state index in [0.29, 0.717) is 0 Å². The van der Waals surface area contributed by atoms with Crippen molar-refractivity contribution in [3.63, 3.8) is 0 Å². The number of para-hydroxylation sites is 1. The zero-order valence-corrected chi connectivity index (χ0v) is 11.2. The van der Waals surface area contributed by atoms with Crippen molar-refractivity contribution in [2.45, 2.75) is 12.5 Å². The van der Waals surface area contributed by atoms with Crippen LogP contribution in [0.25, 0.3) is 11.1 Å². The number of carbonyl (C=O) groups is 1. The number of aliphatic carboxylic acids is 1. The average molecular weight is 271 g/mol. The minimum atomic E-state index is -0.897. The Morgan fingerprint density at radius 3 is 2.45 bits per heavy atom. The standard InChI is InChI=1S/C16H17NO3/c1-20-15-5-3-2-4-13(15)11-6-8-12(9-7-11)14(17)10-16(18)19/h2-9,14H,10,17H2,1H3,(H,18,19)/t14-/m1/s1. The number of hydrogen-bond acceptors (Lipinski definition) is 3. The molecule has 0 aliphatic rings. The van der Waals surface area contributed by atoms with Crippen LogP contribution in [0.2, 0.25) is 0 Å². The van der Waals surface area contributed by atoms with E-state index in [2.05, 4.69) is 0 Å². The van der Waals surface area contributed by atoms with E-state index in [-0.39, 0.29) is 6.42 Å². The highest BCUT2D eigenvalue weighted by molar-refractivity contribution is 5.71. The van der Waals surface area contributed by atoms with Gasteiger partial charge in [0.2, 0.25) is 0 Å². The first kappa shape index (κ1) is 14.1. The zero-order chi connectivity index (χ0) is 14.5. The Hall–Kier alpha value is -2.33. The van der Waals surface area contributed by atoms with E-state index in [4.69, 9.17) is 15.6 Å². The molecule has 2 aromatic carbocycles. The van der Waals surface area contributed by atoms with Crippen molar-refractivity contribution < 1.29 is 14.6 Å². The molecule has 0 amide bonds. The quantitative estimate of drug-likeness (QED) is 0.877. The highest BCUT2D eigenvalue weighted by Crippen LogP contribution is 2.30. The van der Waals surface area contributed by atoms with Crippen molar-refractivity contribution in [2.24, 2.45) is 5.73 Å². The predicted molar refractivity (Wildman–Crippen MR) is 77.6 cm³/mol. The number of benzene rings is 2. The molecule has 104 valence electrons. The molecule has 4 heteroatoms. The van der Waals surface area contributed by atoms with Gasteiger partial charge in [-0.3, -0.25) is 4.79 Å². The zero-order valence-electron chi connectivity index (χ0n) is 11.2. The van der Waals surface area contributed by atoms with Gasteiger partial charge in [0.15, 0.2) is 0 Å². The third kappa shape index (κ3) is 3.16. The van der Waals surface area contributed by atoms with Crippen molar-refractivity contribution in [3.8, 4) is 16.9 Å². The van der Waals surface area contributed by atoms with Gasteiger partial charge in [-0.1, -0.05) is 42.5 Å². The number of nitrogens with two attached hydrogens (primary N) is 1. The Balaban J connectivity index is 2.26. The molecule has 0 aliphatic heterocycles. The molecule has 0 heterocycles. The lowest BCUT2D eigenvalue weighted by Crippen LogP contribution is -2.14. The monoisotopic (exact) mass is 271 g/mol. The van der Waals surface area contributed by atoms with Gasteiger partial charge < -0.3 is 15.6 Å². The summed E-state index contributed by atoms with van der Waals surface area (Å²) in [5, 5.41) is 8.75. The molecule has 1 atom stereocenters. The Morgan fingerprint density at radius 2 is 1.85 bits per heavy atom. The molecule has 0 aliphatic carbocycles. The van der Waals surface area contributed by atoms with Crippen LogP contribution in [0.1, 0.15) is 18.0 Å². The highest BCUT2D eigenvalue weighted by atomic mass is 16.5. The van der Waals surface area contributed by atoms with Gasteiger partial charge in [0.05, 0.1) is 13.5 Å². The summed E-state index contributed by atoms with van der Waals surface area (Å²) < 4.78 is 5.33. The molecule has 0 saturated carbocycles. The second-order valence-corrected chi connectivity index (χ2v) is 4.53. The molecule has 4 nitrogen and oxygen atoms in total. The summed E-state index contributed by atoms with van der Waals surface area (Å²) in [4.78, 5) is 10.7. The molecular weight excluding hydrogens is 254 g/mol. The van der Waals surface area contributed by atoms with E-state index in [1.807, 2.05) is 48.5 Å². The van der Waals surface area contributed by atoms with Crippen LogP contribution < -0.4 is 10.5 Å². The predicted octanol–water partition coefficient (Wildman–Crippen LogP) is 2.84. The SMILES string of the molecule is COc1ccccc1-c1ccc([C@H](N)CC(=O)O)cc1. The molecule has 0 radical (unpaired) electrons. The van der Waals surface area contributed by atoms with Gasteiger partial charge in [-0.05, 0) is 17.2 Å². The largest absolute Gasteiger partial charge is 0.496 e. The lowest BCUT2D eigenvalue weighted by atomic mass is 9.99. The third-order valence-corrected chi connectivity index (χ3v) is 3.15. The molecule has 20 heavy (non-hydrogen) atoms. The van der Waals surface area contributed by atoms with Crippen LogP contribution in [0.5, 0.6) is 5.75 Å². The van der Waals surface area contributed by atoms with Crippen LogP contribution in [0.4, 0.5) is 0 Å². The average Bonchev–Trinajstić information content (AvgIpc) is 2.46. The van der Waals surface area contributed by atoms with Gasteiger partial charge in [-0.25, -0.2) is 0 Å². The van der Waals surface area contributed by atoms with Crippen LogP contribution in [0, 0.1) is 0 Å². The molecule has 2 rings (SSSR count). The van der Waals surface area contributed by atoms with Gasteiger partial charge in [-0.15, -0.1) is 0 Å². The second kappa shape index (κ2) is 6.21. The maximum atomic E-state index is 10.7. The van der Waals surface area contributed by atoms with E-state index < -0.39 is 12.0 Å². The van der Waals surface area contributed by atoms with Crippen molar-refractivity contribution in [1.29, 1.82) is 0 Å². The summed E-state index contributed by atoms with van der Waals surface area (Å²) in [7, 11) is 1.63. The van der Waals surface area contributed by atoms with Gasteiger partial charge in [0, 0.05) is 11.6 Å². The summed E-state index contributed by atoms with van der Waals surface area (Å²) in [6.45, 7) is 0. The Bertz CT molecular complexity index is 593. The fourth-order valence-corrected chi connectivity index (χ4v) is 2.10. The fourth-order valence-electron chi connectivity index (χ4n) is 2.10. The molecule has 3 N–H and O–H groups in total. The maximum Gasteiger partial charge on any atom is 0.305 e. The van der Waals surface area contributed by atoms with Gasteiger partial charge in [0.1, 0.15) is 5.75 Å². The third-order valence-electron chi connectivity index (χ3n) is 3.15. The minimum Gasteiger partial charge on any atom is -0.496 e. The van der Waals surface area contributed by atoms with Crippen molar-refractivity contribution in [2.75, 3.05) is 7.11 Å². The van der Waals surface area contributed by atoms with E-state index in [9.17, 15) is 4.79 Å². The van der Waals surface area contributed by atoms with Gasteiger partial charge in [-0.2, -0.15) is 0 Å². The molecule has 0 unspecified atom stereocenters. The lowest BCUT2D eigenvalue weighted by Gasteiger charge is -2.12. The molecule has 0 spiro atoms. The number of ether oxygens (including phenoxy) is 1. The number of methoxy groups -OCH3 is 1. The van der Waals surface area contributed by atoms with Crippen molar-refractivity contribution in [3.05, 3.63) is 54.1 Å². The number of carboxylic acids is 1. The topological polar surface area (TPSA) is 72.5 Å². The molecular formula is C16H17NO3. The molecule has 0 fully saturated rings. The summed E-state index contributed by atoms with van der Waals surface area (Å²) in [5.41, 5.74) is 8.65. The Morgan fingerprint density at radius 1 is 1.20 bits per heavy atom. The summed E-state index contributed by atoms with van der Waals surface area (Å²) in [6.07, 6.45) is -0.0754. The first-order valence-corrected chi connectivity index (χ1v) is 6.32. The number of rotatable bonds is 5. The first-order valence-electron chi connectivity index (χ1n) is 6.32. The first-order chi connectivity index (χ1) is 9.61. The van der Waals surface area contributed by atoms with Crippen LogP contribution in [0.15, 0.2) is 48.5 Å². The normalized spacial score (nSPS) is 11.9. The van der Waals surface area contributed by atoms with Crippen LogP contribution in [0.3, 0.4) is 0 Å². The van der Waals surface area contributed by atoms with Crippen molar-refractivity contribution >= 4 is 5.97 Å². The van der Waals surface area contributed by atoms with E-state index in [0.717, 1.165) is 22.4 Å². The molecule has 0 aromatic heterocycles. The summed E-state index contributed by atoms with van der Waals surface area (Å²) in [5.74, 6) is -0.0959. The lowest BCUT2D eigenvalue weighted by molar-refractivity contribution is -0.137.